The molecule has 0 aliphatic heterocycles. The number of halogens is 1. The van der Waals surface area contributed by atoms with Crippen molar-refractivity contribution in [2.24, 2.45) is 5.73 Å². The van der Waals surface area contributed by atoms with Crippen molar-refractivity contribution >= 4 is 17.7 Å². The second kappa shape index (κ2) is 5.94. The van der Waals surface area contributed by atoms with E-state index in [1.165, 1.54) is 5.56 Å². The van der Waals surface area contributed by atoms with Crippen LogP contribution in [0.1, 0.15) is 37.3 Å². The van der Waals surface area contributed by atoms with Gasteiger partial charge in [-0.3, -0.25) is 0 Å². The smallest absolute Gasteiger partial charge is 0.0446 e. The van der Waals surface area contributed by atoms with Crippen molar-refractivity contribution in [2.75, 3.05) is 6.54 Å². The molecule has 1 atom stereocenters. The maximum atomic E-state index is 6.22. The quantitative estimate of drug-likeness (QED) is 0.825. The van der Waals surface area contributed by atoms with E-state index in [0.717, 1.165) is 17.0 Å². The van der Waals surface area contributed by atoms with Crippen LogP contribution in [0.15, 0.2) is 24.3 Å². The van der Waals surface area contributed by atoms with Crippen molar-refractivity contribution in [3.63, 3.8) is 0 Å². The molecule has 0 amide bonds. The Balaban J connectivity index is 2.92. The van der Waals surface area contributed by atoms with Crippen LogP contribution in [0.4, 0.5) is 0 Å². The van der Waals surface area contributed by atoms with Crippen LogP contribution in [-0.4, -0.2) is 6.54 Å². The molecule has 1 unspecified atom stereocenters. The normalized spacial score (nSPS) is 13.3. The highest BCUT2D eigenvalue weighted by Gasteiger charge is 2.07. The Hall–Kier alpha value is -0.790. The van der Waals surface area contributed by atoms with Gasteiger partial charge in [-0.1, -0.05) is 49.7 Å². The Morgan fingerprint density at radius 3 is 2.73 bits per heavy atom. The first-order valence-electron chi connectivity index (χ1n) is 5.35. The van der Waals surface area contributed by atoms with Gasteiger partial charge in [0.2, 0.25) is 0 Å². The Morgan fingerprint density at radius 2 is 2.20 bits per heavy atom. The number of hydrogen-bond donors (Lipinski definition) is 1. The minimum absolute atomic E-state index is 0.519. The fourth-order valence-corrected chi connectivity index (χ4v) is 1.85. The van der Waals surface area contributed by atoms with E-state index in [0.29, 0.717) is 12.5 Å². The topological polar surface area (TPSA) is 26.0 Å². The van der Waals surface area contributed by atoms with E-state index in [2.05, 4.69) is 26.0 Å². The number of rotatable bonds is 4. The van der Waals surface area contributed by atoms with E-state index in [1.54, 1.807) is 0 Å². The maximum absolute atomic E-state index is 6.22. The second-order valence-corrected chi connectivity index (χ2v) is 4.14. The lowest BCUT2D eigenvalue weighted by Crippen LogP contribution is -1.94. The predicted molar refractivity (Wildman–Crippen MR) is 68.2 cm³/mol. The molecule has 0 aliphatic rings. The molecule has 0 saturated carbocycles. The van der Waals surface area contributed by atoms with Gasteiger partial charge in [0.1, 0.15) is 0 Å². The highest BCUT2D eigenvalue weighted by Crippen LogP contribution is 2.27. The summed E-state index contributed by atoms with van der Waals surface area (Å²) in [5.41, 5.74) is 7.73. The zero-order chi connectivity index (χ0) is 11.3. The lowest BCUT2D eigenvalue weighted by molar-refractivity contribution is 0.734. The third kappa shape index (κ3) is 3.37. The first-order valence-corrected chi connectivity index (χ1v) is 5.72. The first-order chi connectivity index (χ1) is 7.19. The molecule has 0 bridgehead atoms. The summed E-state index contributed by atoms with van der Waals surface area (Å²) < 4.78 is 0. The van der Waals surface area contributed by atoms with Gasteiger partial charge in [-0.15, -0.1) is 0 Å². The van der Waals surface area contributed by atoms with Crippen LogP contribution in [-0.2, 0) is 0 Å². The summed E-state index contributed by atoms with van der Waals surface area (Å²) in [4.78, 5) is 0. The van der Waals surface area contributed by atoms with E-state index in [1.807, 2.05) is 18.2 Å². The molecule has 15 heavy (non-hydrogen) atoms. The number of nitrogens with two attached hydrogens (primary N) is 1. The molecule has 0 spiro atoms. The molecular weight excluding hydrogens is 206 g/mol. The van der Waals surface area contributed by atoms with Crippen molar-refractivity contribution < 1.29 is 0 Å². The number of hydrogen-bond acceptors (Lipinski definition) is 1. The maximum Gasteiger partial charge on any atom is 0.0446 e. The molecule has 2 N–H and O–H groups in total. The van der Waals surface area contributed by atoms with E-state index in [-0.39, 0.29) is 0 Å². The van der Waals surface area contributed by atoms with E-state index in [4.69, 9.17) is 17.3 Å². The predicted octanol–water partition coefficient (Wildman–Crippen LogP) is 3.83. The molecule has 0 aromatic heterocycles. The first kappa shape index (κ1) is 12.3. The van der Waals surface area contributed by atoms with Crippen molar-refractivity contribution in [1.82, 2.24) is 0 Å². The van der Waals surface area contributed by atoms with Crippen LogP contribution in [0.5, 0.6) is 0 Å². The highest BCUT2D eigenvalue weighted by atomic mass is 35.5. The Labute approximate surface area is 96.9 Å². The average Bonchev–Trinajstić information content (AvgIpc) is 2.25. The van der Waals surface area contributed by atoms with Crippen LogP contribution >= 0.6 is 11.6 Å². The molecule has 0 saturated heterocycles. The lowest BCUT2D eigenvalue weighted by Gasteiger charge is -2.11. The zero-order valence-corrected chi connectivity index (χ0v) is 10.1. The monoisotopic (exact) mass is 223 g/mol. The summed E-state index contributed by atoms with van der Waals surface area (Å²) in [6.45, 7) is 4.92. The molecule has 1 aromatic rings. The van der Waals surface area contributed by atoms with Gasteiger partial charge < -0.3 is 5.73 Å². The van der Waals surface area contributed by atoms with Crippen molar-refractivity contribution in [2.45, 2.75) is 26.2 Å². The molecule has 1 nitrogen and oxygen atoms in total. The Morgan fingerprint density at radius 1 is 1.47 bits per heavy atom. The SMILES string of the molecule is CCC(C)c1ccc(/C=C/CN)cc1Cl. The van der Waals surface area contributed by atoms with Gasteiger partial charge >= 0.3 is 0 Å². The summed E-state index contributed by atoms with van der Waals surface area (Å²) in [5, 5.41) is 0.850. The van der Waals surface area contributed by atoms with Gasteiger partial charge in [0.05, 0.1) is 0 Å². The zero-order valence-electron chi connectivity index (χ0n) is 9.33. The summed E-state index contributed by atoms with van der Waals surface area (Å²) in [6.07, 6.45) is 5.03. The van der Waals surface area contributed by atoms with Gasteiger partial charge in [0.25, 0.3) is 0 Å². The Kier molecular flexibility index (Phi) is 4.86. The minimum Gasteiger partial charge on any atom is -0.327 e. The largest absolute Gasteiger partial charge is 0.327 e. The van der Waals surface area contributed by atoms with Crippen LogP contribution in [0.3, 0.4) is 0 Å². The van der Waals surface area contributed by atoms with Gasteiger partial charge in [-0.05, 0) is 29.5 Å². The third-order valence-electron chi connectivity index (χ3n) is 2.61. The summed E-state index contributed by atoms with van der Waals surface area (Å²) in [5.74, 6) is 0.519. The van der Waals surface area contributed by atoms with Crippen molar-refractivity contribution in [1.29, 1.82) is 0 Å². The summed E-state index contributed by atoms with van der Waals surface area (Å²) in [7, 11) is 0. The standard InChI is InChI=1S/C13H18ClN/c1-3-10(2)12-7-6-11(5-4-8-15)9-13(12)14/h4-7,9-10H,3,8,15H2,1-2H3/b5-4+. The fraction of sp³-hybridized carbons (Fsp3) is 0.385. The molecule has 0 fully saturated rings. The molecule has 82 valence electrons. The van der Waals surface area contributed by atoms with Crippen LogP contribution < -0.4 is 5.73 Å². The average molecular weight is 224 g/mol. The van der Waals surface area contributed by atoms with Gasteiger partial charge in [-0.2, -0.15) is 0 Å². The van der Waals surface area contributed by atoms with Crippen LogP contribution in [0.2, 0.25) is 5.02 Å². The Bertz CT molecular complexity index is 344. The molecule has 0 heterocycles. The van der Waals surface area contributed by atoms with Crippen LogP contribution in [0, 0.1) is 0 Å². The highest BCUT2D eigenvalue weighted by molar-refractivity contribution is 6.31. The molecule has 0 radical (unpaired) electrons. The molecule has 0 aliphatic carbocycles. The van der Waals surface area contributed by atoms with Gasteiger partial charge in [0, 0.05) is 11.6 Å². The third-order valence-corrected chi connectivity index (χ3v) is 2.94. The lowest BCUT2D eigenvalue weighted by atomic mass is 9.97. The minimum atomic E-state index is 0.519. The summed E-state index contributed by atoms with van der Waals surface area (Å²) in [6, 6.07) is 6.18. The molecule has 2 heteroatoms. The van der Waals surface area contributed by atoms with E-state index in [9.17, 15) is 0 Å². The van der Waals surface area contributed by atoms with E-state index >= 15 is 0 Å². The summed E-state index contributed by atoms with van der Waals surface area (Å²) >= 11 is 6.22. The fourth-order valence-electron chi connectivity index (χ4n) is 1.47. The van der Waals surface area contributed by atoms with Crippen molar-refractivity contribution in [3.8, 4) is 0 Å². The van der Waals surface area contributed by atoms with Crippen LogP contribution in [0.25, 0.3) is 6.08 Å². The molecular formula is C13H18ClN. The van der Waals surface area contributed by atoms with Gasteiger partial charge in [0.15, 0.2) is 0 Å². The molecule has 1 rings (SSSR count). The second-order valence-electron chi connectivity index (χ2n) is 3.73. The van der Waals surface area contributed by atoms with E-state index < -0.39 is 0 Å². The van der Waals surface area contributed by atoms with Gasteiger partial charge in [-0.25, -0.2) is 0 Å². The van der Waals surface area contributed by atoms with Crippen molar-refractivity contribution in [3.05, 3.63) is 40.4 Å². The number of benzene rings is 1. The molecule has 1 aromatic carbocycles.